The van der Waals surface area contributed by atoms with Crippen molar-refractivity contribution in [2.45, 2.75) is 12.8 Å². The van der Waals surface area contributed by atoms with Crippen molar-refractivity contribution in [3.8, 4) is 5.75 Å². The molecule has 0 spiro atoms. The summed E-state index contributed by atoms with van der Waals surface area (Å²) in [7, 11) is 0. The zero-order valence-electron chi connectivity index (χ0n) is 10.6. The van der Waals surface area contributed by atoms with Crippen molar-refractivity contribution < 1.29 is 9.47 Å². The molecule has 3 rings (SSSR count). The molecule has 0 aromatic heterocycles. The second-order valence-electron chi connectivity index (χ2n) is 5.08. The summed E-state index contributed by atoms with van der Waals surface area (Å²) in [6, 6.07) is 5.94. The molecule has 18 heavy (non-hydrogen) atoms. The number of rotatable bonds is 2. The van der Waals surface area contributed by atoms with Crippen molar-refractivity contribution in [2.24, 2.45) is 5.92 Å². The van der Waals surface area contributed by atoms with Gasteiger partial charge in [-0.05, 0) is 30.9 Å². The van der Waals surface area contributed by atoms with E-state index >= 15 is 0 Å². The van der Waals surface area contributed by atoms with Gasteiger partial charge in [-0.25, -0.2) is 0 Å². The van der Waals surface area contributed by atoms with Crippen LogP contribution in [0.1, 0.15) is 12.8 Å². The third-order valence-electron chi connectivity index (χ3n) is 3.76. The van der Waals surface area contributed by atoms with Crippen LogP contribution >= 0.6 is 0 Å². The lowest BCUT2D eigenvalue weighted by Gasteiger charge is -2.35. The van der Waals surface area contributed by atoms with Crippen LogP contribution in [0.4, 0.5) is 11.4 Å². The minimum absolute atomic E-state index is 0.738. The van der Waals surface area contributed by atoms with E-state index in [4.69, 9.17) is 15.2 Å². The lowest BCUT2D eigenvalue weighted by Crippen LogP contribution is -2.38. The van der Waals surface area contributed by atoms with Crippen LogP contribution in [0, 0.1) is 5.92 Å². The highest BCUT2D eigenvalue weighted by Gasteiger charge is 2.22. The number of hydrogen-bond acceptors (Lipinski definition) is 4. The molecule has 0 unspecified atom stereocenters. The van der Waals surface area contributed by atoms with Gasteiger partial charge in [0.05, 0.1) is 12.2 Å². The van der Waals surface area contributed by atoms with Gasteiger partial charge in [-0.3, -0.25) is 0 Å². The Morgan fingerprint density at radius 2 is 2.06 bits per heavy atom. The lowest BCUT2D eigenvalue weighted by atomic mass is 9.99. The highest BCUT2D eigenvalue weighted by atomic mass is 16.5. The molecule has 1 saturated heterocycles. The third kappa shape index (κ3) is 2.38. The minimum Gasteiger partial charge on any atom is -0.489 e. The molecular weight excluding hydrogens is 228 g/mol. The quantitative estimate of drug-likeness (QED) is 0.812. The van der Waals surface area contributed by atoms with E-state index in [9.17, 15) is 0 Å². The van der Waals surface area contributed by atoms with Crippen molar-refractivity contribution in [3.63, 3.8) is 0 Å². The van der Waals surface area contributed by atoms with Gasteiger partial charge in [-0.1, -0.05) is 0 Å². The Kier molecular flexibility index (Phi) is 3.28. The lowest BCUT2D eigenvalue weighted by molar-refractivity contribution is 0.0678. The van der Waals surface area contributed by atoms with Crippen LogP contribution in [0.5, 0.6) is 5.75 Å². The molecule has 1 aromatic carbocycles. The van der Waals surface area contributed by atoms with Gasteiger partial charge in [0.2, 0.25) is 0 Å². The number of ether oxygens (including phenoxy) is 2. The predicted molar refractivity (Wildman–Crippen MR) is 72.1 cm³/mol. The number of nitrogen functional groups attached to an aromatic ring is 1. The monoisotopic (exact) mass is 248 g/mol. The fourth-order valence-corrected chi connectivity index (χ4v) is 2.72. The van der Waals surface area contributed by atoms with E-state index < -0.39 is 0 Å². The summed E-state index contributed by atoms with van der Waals surface area (Å²) in [6.45, 7) is 4.63. The number of nitrogens with two attached hydrogens (primary N) is 1. The first-order chi connectivity index (χ1) is 8.83. The van der Waals surface area contributed by atoms with E-state index in [1.165, 1.54) is 18.5 Å². The van der Waals surface area contributed by atoms with Gasteiger partial charge in [0.15, 0.2) is 0 Å². The molecule has 1 aromatic rings. The highest BCUT2D eigenvalue weighted by molar-refractivity contribution is 5.65. The topological polar surface area (TPSA) is 47.7 Å². The third-order valence-corrected chi connectivity index (χ3v) is 3.76. The first-order valence-electron chi connectivity index (χ1n) is 6.68. The molecule has 1 fully saturated rings. The largest absolute Gasteiger partial charge is 0.489 e. The van der Waals surface area contributed by atoms with Gasteiger partial charge in [-0.15, -0.1) is 0 Å². The molecule has 0 atom stereocenters. The fraction of sp³-hybridized carbons (Fsp3) is 0.571. The highest BCUT2D eigenvalue weighted by Crippen LogP contribution is 2.34. The molecule has 2 aliphatic heterocycles. The maximum Gasteiger partial charge on any atom is 0.144 e. The number of nitrogens with zero attached hydrogens (tertiary/aromatic N) is 1. The van der Waals surface area contributed by atoms with Crippen LogP contribution in [0.25, 0.3) is 0 Å². The van der Waals surface area contributed by atoms with Gasteiger partial charge in [-0.2, -0.15) is 0 Å². The Hall–Kier alpha value is -1.42. The molecule has 2 heterocycles. The molecule has 0 amide bonds. The van der Waals surface area contributed by atoms with E-state index in [0.29, 0.717) is 0 Å². The van der Waals surface area contributed by atoms with Crippen molar-refractivity contribution in [1.82, 2.24) is 0 Å². The van der Waals surface area contributed by atoms with Crippen molar-refractivity contribution in [2.75, 3.05) is 43.5 Å². The van der Waals surface area contributed by atoms with Crippen LogP contribution in [0.3, 0.4) is 0 Å². The number of hydrogen-bond donors (Lipinski definition) is 1. The fourth-order valence-electron chi connectivity index (χ4n) is 2.72. The van der Waals surface area contributed by atoms with E-state index in [1.807, 2.05) is 12.1 Å². The van der Waals surface area contributed by atoms with E-state index in [1.54, 1.807) is 0 Å². The summed E-state index contributed by atoms with van der Waals surface area (Å²) >= 11 is 0. The van der Waals surface area contributed by atoms with E-state index in [-0.39, 0.29) is 0 Å². The smallest absolute Gasteiger partial charge is 0.144 e. The van der Waals surface area contributed by atoms with E-state index in [0.717, 1.165) is 50.3 Å². The second kappa shape index (κ2) is 5.06. The molecule has 4 heteroatoms. The molecule has 0 saturated carbocycles. The van der Waals surface area contributed by atoms with Crippen LogP contribution < -0.4 is 15.4 Å². The average molecular weight is 248 g/mol. The zero-order chi connectivity index (χ0) is 12.4. The molecule has 0 bridgehead atoms. The molecule has 0 aliphatic carbocycles. The first kappa shape index (κ1) is 11.7. The van der Waals surface area contributed by atoms with Gasteiger partial charge in [0.1, 0.15) is 12.4 Å². The zero-order valence-corrected chi connectivity index (χ0v) is 10.6. The first-order valence-corrected chi connectivity index (χ1v) is 6.68. The summed E-state index contributed by atoms with van der Waals surface area (Å²) in [6.07, 6.45) is 2.34. The molecule has 4 nitrogen and oxygen atoms in total. The molecule has 98 valence electrons. The van der Waals surface area contributed by atoms with Gasteiger partial charge >= 0.3 is 0 Å². The standard InChI is InChI=1S/C14H20N2O2/c15-12-1-2-13-14(9-12)18-8-5-16(13)10-11-3-6-17-7-4-11/h1-2,9,11H,3-8,10,15H2. The number of anilines is 2. The SMILES string of the molecule is Nc1ccc2c(c1)OCCN2CC1CCOCC1. The Morgan fingerprint density at radius 1 is 1.22 bits per heavy atom. The maximum absolute atomic E-state index is 5.80. The Bertz CT molecular complexity index is 416. The van der Waals surface area contributed by atoms with Gasteiger partial charge in [0.25, 0.3) is 0 Å². The number of benzene rings is 1. The van der Waals surface area contributed by atoms with Gasteiger partial charge < -0.3 is 20.1 Å². The van der Waals surface area contributed by atoms with Gasteiger partial charge in [0, 0.05) is 31.5 Å². The molecular formula is C14H20N2O2. The minimum atomic E-state index is 0.738. The summed E-state index contributed by atoms with van der Waals surface area (Å²) in [5.41, 5.74) is 7.74. The summed E-state index contributed by atoms with van der Waals surface area (Å²) < 4.78 is 11.1. The van der Waals surface area contributed by atoms with Crippen molar-refractivity contribution in [1.29, 1.82) is 0 Å². The maximum atomic E-state index is 5.80. The summed E-state index contributed by atoms with van der Waals surface area (Å²) in [4.78, 5) is 2.42. The Balaban J connectivity index is 1.74. The average Bonchev–Trinajstić information content (AvgIpc) is 2.40. The molecule has 2 N–H and O–H groups in total. The Labute approximate surface area is 108 Å². The van der Waals surface area contributed by atoms with Crippen LogP contribution in [0.15, 0.2) is 18.2 Å². The van der Waals surface area contributed by atoms with Crippen LogP contribution in [0.2, 0.25) is 0 Å². The Morgan fingerprint density at radius 3 is 2.89 bits per heavy atom. The predicted octanol–water partition coefficient (Wildman–Crippen LogP) is 1.89. The summed E-state index contributed by atoms with van der Waals surface area (Å²) in [5.74, 6) is 1.66. The van der Waals surface area contributed by atoms with E-state index in [2.05, 4.69) is 11.0 Å². The summed E-state index contributed by atoms with van der Waals surface area (Å²) in [5, 5.41) is 0. The molecule has 0 radical (unpaired) electrons. The normalized spacial score (nSPS) is 20.3. The molecule has 2 aliphatic rings. The number of fused-ring (bicyclic) bond motifs is 1. The van der Waals surface area contributed by atoms with Crippen LogP contribution in [-0.2, 0) is 4.74 Å². The van der Waals surface area contributed by atoms with Crippen molar-refractivity contribution in [3.05, 3.63) is 18.2 Å². The van der Waals surface area contributed by atoms with Crippen molar-refractivity contribution >= 4 is 11.4 Å². The second-order valence-corrected chi connectivity index (χ2v) is 5.08. The van der Waals surface area contributed by atoms with Crippen LogP contribution in [-0.4, -0.2) is 32.9 Å².